The largest absolute Gasteiger partial charge is 0.446 e. The van der Waals surface area contributed by atoms with Crippen molar-refractivity contribution in [1.29, 1.82) is 0 Å². The Hall–Kier alpha value is -3.03. The number of hydrogen-bond acceptors (Lipinski definition) is 6. The van der Waals surface area contributed by atoms with E-state index in [1.807, 2.05) is 4.90 Å². The number of H-pyrrole nitrogens is 1. The molecule has 0 unspecified atom stereocenters. The fraction of sp³-hybridized carbons (Fsp3) is 0.350. The van der Waals surface area contributed by atoms with Crippen LogP contribution in [0.15, 0.2) is 47.3 Å². The van der Waals surface area contributed by atoms with E-state index in [4.69, 9.17) is 4.55 Å². The maximum absolute atomic E-state index is 13.0. The second-order valence-corrected chi connectivity index (χ2v) is 8.64. The molecule has 2 N–H and O–H groups in total. The molecule has 178 valence electrons. The number of hydrogen-bond donors (Lipinski definition) is 2. The molecule has 1 aliphatic rings. The van der Waals surface area contributed by atoms with Crippen molar-refractivity contribution in [3.8, 4) is 5.75 Å². The number of alkyl halides is 3. The van der Waals surface area contributed by atoms with E-state index in [9.17, 15) is 26.4 Å². The van der Waals surface area contributed by atoms with Crippen LogP contribution in [0.4, 0.5) is 18.9 Å². The molecular formula is C20H21F3N4O5S. The minimum atomic E-state index is -4.77. The molecule has 0 atom stereocenters. The second-order valence-electron chi connectivity index (χ2n) is 7.62. The van der Waals surface area contributed by atoms with Crippen LogP contribution >= 0.6 is 0 Å². The summed E-state index contributed by atoms with van der Waals surface area (Å²) in [7, 11) is -4.77. The molecule has 4 rings (SSSR count). The zero-order chi connectivity index (χ0) is 23.8. The standard InChI is InChI=1S/C20H21F3N4O5S/c21-20(22,23)14-3-1-4-15(13-14)26-10-7-25(8-11-26)9-12-27-18-16(24-19(27)28)5-2-6-17(18)32-33(29,30)31/h1-6,13H,7-12H2,(H,24,28)(H,29,30,31). The Morgan fingerprint density at radius 3 is 2.39 bits per heavy atom. The van der Waals surface area contributed by atoms with E-state index in [1.54, 1.807) is 12.1 Å². The molecule has 1 fully saturated rings. The number of imidazole rings is 1. The molecule has 0 aliphatic carbocycles. The van der Waals surface area contributed by atoms with Crippen molar-refractivity contribution in [2.24, 2.45) is 0 Å². The van der Waals surface area contributed by atoms with Crippen molar-refractivity contribution >= 4 is 27.1 Å². The summed E-state index contributed by atoms with van der Waals surface area (Å²) in [6, 6.07) is 9.60. The molecule has 33 heavy (non-hydrogen) atoms. The average Bonchev–Trinajstić information content (AvgIpc) is 3.07. The predicted molar refractivity (Wildman–Crippen MR) is 115 cm³/mol. The van der Waals surface area contributed by atoms with Crippen LogP contribution in [0.25, 0.3) is 11.0 Å². The number of piperazine rings is 1. The van der Waals surface area contributed by atoms with Crippen LogP contribution < -0.4 is 14.8 Å². The lowest BCUT2D eigenvalue weighted by molar-refractivity contribution is -0.137. The van der Waals surface area contributed by atoms with Crippen molar-refractivity contribution in [2.45, 2.75) is 12.7 Å². The van der Waals surface area contributed by atoms with E-state index in [-0.39, 0.29) is 17.8 Å². The van der Waals surface area contributed by atoms with E-state index in [2.05, 4.69) is 14.1 Å². The first-order valence-corrected chi connectivity index (χ1v) is 11.4. The molecule has 0 bridgehead atoms. The molecule has 13 heteroatoms. The molecule has 2 aromatic carbocycles. The van der Waals surface area contributed by atoms with Crippen LogP contribution in [0.1, 0.15) is 5.56 Å². The van der Waals surface area contributed by atoms with E-state index < -0.39 is 27.8 Å². The number of halogens is 3. The smallest absolute Gasteiger partial charge is 0.369 e. The number of nitrogens with zero attached hydrogens (tertiary/aromatic N) is 3. The molecule has 0 spiro atoms. The highest BCUT2D eigenvalue weighted by molar-refractivity contribution is 7.81. The van der Waals surface area contributed by atoms with Gasteiger partial charge in [0, 0.05) is 45.0 Å². The summed E-state index contributed by atoms with van der Waals surface area (Å²) in [4.78, 5) is 19.0. The SMILES string of the molecule is O=c1[nH]c2cccc(OS(=O)(=O)O)c2n1CCN1CCN(c2cccc(C(F)(F)F)c2)CC1. The van der Waals surface area contributed by atoms with Crippen molar-refractivity contribution in [3.63, 3.8) is 0 Å². The summed E-state index contributed by atoms with van der Waals surface area (Å²) >= 11 is 0. The van der Waals surface area contributed by atoms with Gasteiger partial charge in [-0.05, 0) is 30.3 Å². The summed E-state index contributed by atoms with van der Waals surface area (Å²) in [5, 5.41) is 0. The maximum atomic E-state index is 13.0. The molecule has 1 aliphatic heterocycles. The number of para-hydroxylation sites is 1. The van der Waals surface area contributed by atoms with E-state index in [1.165, 1.54) is 22.8 Å². The minimum absolute atomic E-state index is 0.178. The molecule has 0 saturated carbocycles. The Bertz CT molecular complexity index is 1310. The van der Waals surface area contributed by atoms with Crippen molar-refractivity contribution in [3.05, 3.63) is 58.5 Å². The molecule has 0 radical (unpaired) electrons. The van der Waals surface area contributed by atoms with Gasteiger partial charge < -0.3 is 14.1 Å². The van der Waals surface area contributed by atoms with Gasteiger partial charge in [-0.3, -0.25) is 14.0 Å². The van der Waals surface area contributed by atoms with Gasteiger partial charge in [0.2, 0.25) is 0 Å². The monoisotopic (exact) mass is 486 g/mol. The molecule has 9 nitrogen and oxygen atoms in total. The number of fused-ring (bicyclic) bond motifs is 1. The van der Waals surface area contributed by atoms with E-state index >= 15 is 0 Å². The third kappa shape index (κ3) is 5.31. The number of aromatic amines is 1. The summed E-state index contributed by atoms with van der Waals surface area (Å²) in [6.07, 6.45) is -4.40. The number of benzene rings is 2. The predicted octanol–water partition coefficient (Wildman–Crippen LogP) is 2.35. The van der Waals surface area contributed by atoms with Gasteiger partial charge in [-0.15, -0.1) is 0 Å². The summed E-state index contributed by atoms with van der Waals surface area (Å²) in [6.45, 7) is 2.84. The Morgan fingerprint density at radius 1 is 1.03 bits per heavy atom. The van der Waals surface area contributed by atoms with Gasteiger partial charge in [-0.1, -0.05) is 12.1 Å². The van der Waals surface area contributed by atoms with Crippen LogP contribution in [0.3, 0.4) is 0 Å². The summed E-state index contributed by atoms with van der Waals surface area (Å²) in [5.74, 6) is -0.178. The fourth-order valence-corrected chi connectivity index (χ4v) is 4.29. The van der Waals surface area contributed by atoms with Gasteiger partial charge in [0.25, 0.3) is 0 Å². The van der Waals surface area contributed by atoms with Crippen molar-refractivity contribution in [2.75, 3.05) is 37.6 Å². The van der Waals surface area contributed by atoms with Crippen LogP contribution in [0, 0.1) is 0 Å². The van der Waals surface area contributed by atoms with E-state index in [0.29, 0.717) is 43.9 Å². The topological polar surface area (TPSA) is 108 Å². The van der Waals surface area contributed by atoms with Crippen LogP contribution in [-0.2, 0) is 23.1 Å². The fourth-order valence-electron chi connectivity index (χ4n) is 3.93. The minimum Gasteiger partial charge on any atom is -0.369 e. The first-order chi connectivity index (χ1) is 15.5. The molecule has 1 saturated heterocycles. The zero-order valence-corrected chi connectivity index (χ0v) is 18.1. The van der Waals surface area contributed by atoms with Gasteiger partial charge in [-0.2, -0.15) is 21.6 Å². The first-order valence-electron chi connectivity index (χ1n) is 10.0. The molecule has 3 aromatic rings. The van der Waals surface area contributed by atoms with Gasteiger partial charge >= 0.3 is 22.3 Å². The van der Waals surface area contributed by atoms with Crippen molar-refractivity contribution < 1.29 is 30.3 Å². The van der Waals surface area contributed by atoms with E-state index in [0.717, 1.165) is 12.1 Å². The Balaban J connectivity index is 1.44. The Kier molecular flexibility index (Phi) is 6.12. The lowest BCUT2D eigenvalue weighted by atomic mass is 10.1. The highest BCUT2D eigenvalue weighted by Crippen LogP contribution is 2.32. The summed E-state index contributed by atoms with van der Waals surface area (Å²) < 4.78 is 76.2. The van der Waals surface area contributed by atoms with Crippen molar-refractivity contribution in [1.82, 2.24) is 14.5 Å². The normalized spacial score (nSPS) is 15.8. The third-order valence-corrected chi connectivity index (χ3v) is 5.89. The Morgan fingerprint density at radius 2 is 1.73 bits per heavy atom. The molecular weight excluding hydrogens is 465 g/mol. The first kappa shape index (κ1) is 23.1. The number of nitrogens with one attached hydrogen (secondary N) is 1. The van der Waals surface area contributed by atoms with Gasteiger partial charge in [-0.25, -0.2) is 4.79 Å². The lowest BCUT2D eigenvalue weighted by Crippen LogP contribution is -2.47. The second kappa shape index (κ2) is 8.72. The molecule has 0 amide bonds. The number of aromatic nitrogens is 2. The third-order valence-electron chi connectivity index (χ3n) is 5.50. The highest BCUT2D eigenvalue weighted by atomic mass is 32.3. The average molecular weight is 486 g/mol. The molecule has 2 heterocycles. The van der Waals surface area contributed by atoms with Crippen LogP contribution in [0.5, 0.6) is 5.75 Å². The maximum Gasteiger partial charge on any atom is 0.446 e. The number of anilines is 1. The lowest BCUT2D eigenvalue weighted by Gasteiger charge is -2.36. The van der Waals surface area contributed by atoms with Gasteiger partial charge in [0.05, 0.1) is 11.1 Å². The van der Waals surface area contributed by atoms with Gasteiger partial charge in [0.15, 0.2) is 5.75 Å². The zero-order valence-electron chi connectivity index (χ0n) is 17.2. The van der Waals surface area contributed by atoms with Gasteiger partial charge in [0.1, 0.15) is 5.52 Å². The Labute approximate surface area is 186 Å². The van der Waals surface area contributed by atoms with Crippen LogP contribution in [-0.4, -0.2) is 60.1 Å². The number of rotatable bonds is 6. The highest BCUT2D eigenvalue weighted by Gasteiger charge is 2.31. The summed E-state index contributed by atoms with van der Waals surface area (Å²) in [5.41, 5.74) is -0.0781. The van der Waals surface area contributed by atoms with Crippen LogP contribution in [0.2, 0.25) is 0 Å². The quantitative estimate of drug-likeness (QED) is 0.515. The molecule has 1 aromatic heterocycles.